The summed E-state index contributed by atoms with van der Waals surface area (Å²) in [5.41, 5.74) is 6.40. The number of nitrogens with one attached hydrogen (secondary N) is 4. The van der Waals surface area contributed by atoms with E-state index in [0.717, 1.165) is 104 Å². The van der Waals surface area contributed by atoms with Crippen LogP contribution < -0.4 is 10.6 Å². The van der Waals surface area contributed by atoms with E-state index < -0.39 is 24.3 Å². The zero-order valence-corrected chi connectivity index (χ0v) is 37.3. The smallest absolute Gasteiger partial charge is 0.407 e. The largest absolute Gasteiger partial charge is 0.453 e. The fourth-order valence-corrected chi connectivity index (χ4v) is 11.2. The third kappa shape index (κ3) is 7.94. The predicted molar refractivity (Wildman–Crippen MR) is 246 cm³/mol. The number of rotatable bonds is 11. The molecule has 5 heterocycles. The number of hydrogen-bond donors (Lipinski definition) is 4. The van der Waals surface area contributed by atoms with Gasteiger partial charge >= 0.3 is 12.2 Å². The number of fused-ring (bicyclic) bond motifs is 4. The molecule has 0 spiro atoms. The van der Waals surface area contributed by atoms with Gasteiger partial charge in [0.1, 0.15) is 23.7 Å². The molecule has 15 nitrogen and oxygen atoms in total. The SMILES string of the molecule is COC(=O)N[C@@H](C(=O)N1CCC[C@H]1c1nc(-c2ccc3nc(C45CCC(c6cnc([C@@H]7CCCN7C(=O)[C@H](NC(=O)OC)c7ccccc7)[nH]6)(CC4)CC5)ccc3c2)c[nH]1)c1ccccc1. The highest BCUT2D eigenvalue weighted by molar-refractivity contribution is 5.88. The van der Waals surface area contributed by atoms with E-state index >= 15 is 0 Å². The van der Waals surface area contributed by atoms with E-state index in [0.29, 0.717) is 30.0 Å². The van der Waals surface area contributed by atoms with Crippen LogP contribution in [0.15, 0.2) is 103 Å². The highest BCUT2D eigenvalue weighted by Gasteiger charge is 2.52. The molecule has 3 aromatic heterocycles. The number of imidazole rings is 2. The average Bonchev–Trinajstić information content (AvgIpc) is 4.23. The predicted octanol–water partition coefficient (Wildman–Crippen LogP) is 8.41. The first-order valence-corrected chi connectivity index (χ1v) is 23.1. The number of pyridine rings is 1. The first-order chi connectivity index (χ1) is 32.2. The quantitative estimate of drug-likeness (QED) is 0.0991. The summed E-state index contributed by atoms with van der Waals surface area (Å²) in [5, 5.41) is 6.53. The van der Waals surface area contributed by atoms with Crippen LogP contribution in [0.2, 0.25) is 0 Å². The summed E-state index contributed by atoms with van der Waals surface area (Å²) in [6.07, 6.45) is 12.0. The molecule has 0 radical (unpaired) electrons. The Kier molecular flexibility index (Phi) is 11.5. The lowest BCUT2D eigenvalue weighted by Crippen LogP contribution is -2.47. The number of nitrogens with zero attached hydrogens (tertiary/aromatic N) is 5. The average molecular weight is 890 g/mol. The maximum absolute atomic E-state index is 14.1. The van der Waals surface area contributed by atoms with Gasteiger partial charge in [0.15, 0.2) is 0 Å². The van der Waals surface area contributed by atoms with Gasteiger partial charge in [-0.2, -0.15) is 0 Å². The van der Waals surface area contributed by atoms with Crippen molar-refractivity contribution in [2.45, 2.75) is 99.2 Å². The Morgan fingerprint density at radius 2 is 1.24 bits per heavy atom. The number of alkyl carbamates (subject to hydrolysis) is 2. The molecule has 4 amide bonds. The van der Waals surface area contributed by atoms with Gasteiger partial charge in [-0.3, -0.25) is 14.6 Å². The number of carbonyl (C=O) groups excluding carboxylic acids is 4. The van der Waals surface area contributed by atoms with Crippen LogP contribution in [0.5, 0.6) is 0 Å². The van der Waals surface area contributed by atoms with Crippen molar-refractivity contribution in [3.63, 3.8) is 0 Å². The highest BCUT2D eigenvalue weighted by atomic mass is 16.5. The molecule has 3 aliphatic carbocycles. The molecular weight excluding hydrogens is 835 g/mol. The van der Waals surface area contributed by atoms with Crippen LogP contribution in [0.4, 0.5) is 9.59 Å². The molecule has 340 valence electrons. The summed E-state index contributed by atoms with van der Waals surface area (Å²) in [7, 11) is 2.59. The first kappa shape index (κ1) is 42.9. The summed E-state index contributed by atoms with van der Waals surface area (Å²) >= 11 is 0. The fourth-order valence-electron chi connectivity index (χ4n) is 11.2. The Hall–Kier alpha value is -7.03. The molecule has 6 aromatic rings. The minimum atomic E-state index is -0.881. The van der Waals surface area contributed by atoms with E-state index in [9.17, 15) is 19.2 Å². The summed E-state index contributed by atoms with van der Waals surface area (Å²) in [6, 6.07) is 27.0. The van der Waals surface area contributed by atoms with Crippen molar-refractivity contribution in [2.24, 2.45) is 0 Å². The second-order valence-corrected chi connectivity index (χ2v) is 18.4. The van der Waals surface area contributed by atoms with E-state index in [1.54, 1.807) is 4.90 Å². The van der Waals surface area contributed by atoms with Gasteiger partial charge in [-0.25, -0.2) is 19.6 Å². The summed E-state index contributed by atoms with van der Waals surface area (Å²) in [5.74, 6) is 1.13. The molecule has 4 N–H and O–H groups in total. The second kappa shape index (κ2) is 17.7. The van der Waals surface area contributed by atoms with Crippen molar-refractivity contribution in [2.75, 3.05) is 27.3 Å². The second-order valence-electron chi connectivity index (χ2n) is 18.4. The third-order valence-corrected chi connectivity index (χ3v) is 14.9. The number of likely N-dealkylation sites (tertiary alicyclic amines) is 2. The Labute approximate surface area is 383 Å². The van der Waals surface area contributed by atoms with Crippen LogP contribution in [0.3, 0.4) is 0 Å². The molecule has 15 heteroatoms. The maximum atomic E-state index is 14.1. The van der Waals surface area contributed by atoms with Crippen molar-refractivity contribution in [3.8, 4) is 11.3 Å². The van der Waals surface area contributed by atoms with Crippen LogP contribution in [0, 0.1) is 0 Å². The van der Waals surface area contributed by atoms with Gasteiger partial charge in [-0.05, 0) is 93.5 Å². The molecule has 0 unspecified atom stereocenters. The number of aromatic nitrogens is 5. The zero-order chi connectivity index (χ0) is 45.4. The molecular formula is C51H55N9O6. The number of H-pyrrole nitrogens is 2. The van der Waals surface area contributed by atoms with Gasteiger partial charge in [0.25, 0.3) is 11.8 Å². The van der Waals surface area contributed by atoms with Crippen molar-refractivity contribution >= 4 is 34.9 Å². The van der Waals surface area contributed by atoms with E-state index in [4.69, 9.17) is 24.4 Å². The summed E-state index contributed by atoms with van der Waals surface area (Å²) in [6.45, 7) is 1.14. The molecule has 66 heavy (non-hydrogen) atoms. The van der Waals surface area contributed by atoms with Crippen molar-refractivity contribution in [3.05, 3.63) is 138 Å². The number of aromatic amines is 2. The number of amides is 4. The highest BCUT2D eigenvalue weighted by Crippen LogP contribution is 2.58. The Morgan fingerprint density at radius 3 is 1.82 bits per heavy atom. The normalized spacial score (nSPS) is 23.4. The van der Waals surface area contributed by atoms with E-state index in [1.165, 1.54) is 14.2 Å². The van der Waals surface area contributed by atoms with Crippen molar-refractivity contribution in [1.82, 2.24) is 45.4 Å². The monoisotopic (exact) mass is 889 g/mol. The lowest BCUT2D eigenvalue weighted by Gasteiger charge is -2.53. The zero-order valence-electron chi connectivity index (χ0n) is 37.3. The first-order valence-electron chi connectivity index (χ1n) is 23.1. The standard InChI is InChI=1S/C51H55N9O6/c1-65-48(63)57-42(32-11-5-3-6-12-32)46(61)59-27-9-15-38(59)44-52-30-37(55-44)35-17-19-36-34(29-35)18-20-40(54-36)50-21-24-51(25-22-50,26-23-50)41-31-53-45(56-41)39-16-10-28-60(39)47(62)43(58-49(64)66-2)33-13-7-4-8-14-33/h3-8,11-14,17-20,29-31,38-39,42-43H,9-10,15-16,21-28H2,1-2H3,(H,52,55)(H,53,56)(H,57,63)(H,58,64)/t38-,39-,42+,43+,50?,51?/m0/s1. The number of methoxy groups -OCH3 is 2. The number of benzene rings is 3. The topological polar surface area (TPSA) is 188 Å². The third-order valence-electron chi connectivity index (χ3n) is 14.9. The summed E-state index contributed by atoms with van der Waals surface area (Å²) < 4.78 is 9.74. The van der Waals surface area contributed by atoms with Crippen molar-refractivity contribution in [1.29, 1.82) is 0 Å². The van der Waals surface area contributed by atoms with E-state index in [-0.39, 0.29) is 34.7 Å². The number of hydrogen-bond acceptors (Lipinski definition) is 9. The van der Waals surface area contributed by atoms with Gasteiger partial charge in [-0.15, -0.1) is 0 Å². The van der Waals surface area contributed by atoms with Gasteiger partial charge in [0, 0.05) is 58.7 Å². The van der Waals surface area contributed by atoms with Gasteiger partial charge in [0.05, 0.1) is 37.5 Å². The molecule has 11 rings (SSSR count). The van der Waals surface area contributed by atoms with Gasteiger partial charge in [0.2, 0.25) is 0 Å². The van der Waals surface area contributed by atoms with Gasteiger partial charge < -0.3 is 39.9 Å². The lowest BCUT2D eigenvalue weighted by molar-refractivity contribution is -0.135. The van der Waals surface area contributed by atoms with Crippen molar-refractivity contribution < 1.29 is 28.7 Å². The molecule has 3 saturated carbocycles. The molecule has 2 aliphatic heterocycles. The Morgan fingerprint density at radius 1 is 0.682 bits per heavy atom. The molecule has 5 fully saturated rings. The van der Waals surface area contributed by atoms with E-state index in [2.05, 4.69) is 50.9 Å². The minimum absolute atomic E-state index is 0.0000163. The van der Waals surface area contributed by atoms with Crippen LogP contribution in [-0.2, 0) is 29.9 Å². The minimum Gasteiger partial charge on any atom is -0.453 e. The molecule has 2 saturated heterocycles. The number of ether oxygens (including phenoxy) is 2. The molecule has 3 aromatic carbocycles. The van der Waals surface area contributed by atoms with Crippen LogP contribution in [0.1, 0.15) is 123 Å². The van der Waals surface area contributed by atoms with Crippen LogP contribution in [-0.4, -0.2) is 86.0 Å². The Bertz CT molecular complexity index is 2730. The molecule has 2 bridgehead atoms. The fraction of sp³-hybridized carbons (Fsp3) is 0.392. The van der Waals surface area contributed by atoms with Gasteiger partial charge in [-0.1, -0.05) is 72.8 Å². The summed E-state index contributed by atoms with van der Waals surface area (Å²) in [4.78, 5) is 78.7. The maximum Gasteiger partial charge on any atom is 0.407 e. The molecule has 4 atom stereocenters. The van der Waals surface area contributed by atoms with Crippen LogP contribution >= 0.6 is 0 Å². The Balaban J connectivity index is 0.809. The lowest BCUT2D eigenvalue weighted by atomic mass is 9.52. The van der Waals surface area contributed by atoms with Crippen LogP contribution in [0.25, 0.3) is 22.2 Å². The van der Waals surface area contributed by atoms with E-state index in [1.807, 2.05) is 78.0 Å². The number of carbonyl (C=O) groups is 4. The molecule has 5 aliphatic rings.